The van der Waals surface area contributed by atoms with E-state index in [0.717, 1.165) is 18.4 Å². The summed E-state index contributed by atoms with van der Waals surface area (Å²) in [5.41, 5.74) is 5.96. The van der Waals surface area contributed by atoms with E-state index >= 15 is 0 Å². The summed E-state index contributed by atoms with van der Waals surface area (Å²) in [5, 5.41) is 0. The van der Waals surface area contributed by atoms with Crippen molar-refractivity contribution in [3.63, 3.8) is 0 Å². The maximum absolute atomic E-state index is 5.96. The Labute approximate surface area is 94.2 Å². The predicted octanol–water partition coefficient (Wildman–Crippen LogP) is 2.24. The molecule has 1 heterocycles. The van der Waals surface area contributed by atoms with E-state index in [0.29, 0.717) is 6.04 Å². The van der Waals surface area contributed by atoms with Crippen molar-refractivity contribution >= 4 is 0 Å². The van der Waals surface area contributed by atoms with Gasteiger partial charge in [0, 0.05) is 12.6 Å². The smallest absolute Gasteiger partial charge is 0.0246 e. The summed E-state index contributed by atoms with van der Waals surface area (Å²) < 4.78 is 0. The Bertz CT molecular complexity index is 189. The zero-order chi connectivity index (χ0) is 10.7. The van der Waals surface area contributed by atoms with Gasteiger partial charge in [0.05, 0.1) is 0 Å². The molecule has 2 nitrogen and oxygen atoms in total. The SMILES string of the molecule is CC1CCCN(C(CN)C2CCC2)CC1. The van der Waals surface area contributed by atoms with E-state index in [1.54, 1.807) is 0 Å². The van der Waals surface area contributed by atoms with Crippen LogP contribution in [0.1, 0.15) is 45.4 Å². The standard InChI is InChI=1S/C13H26N2/c1-11-4-3-8-15(9-7-11)13(10-14)12-5-2-6-12/h11-13H,2-10,14H2,1H3. The first kappa shape index (κ1) is 11.4. The van der Waals surface area contributed by atoms with E-state index < -0.39 is 0 Å². The van der Waals surface area contributed by atoms with Gasteiger partial charge in [-0.2, -0.15) is 0 Å². The van der Waals surface area contributed by atoms with E-state index in [1.165, 1.54) is 51.6 Å². The Morgan fingerprint density at radius 1 is 1.13 bits per heavy atom. The molecular weight excluding hydrogens is 184 g/mol. The van der Waals surface area contributed by atoms with Crippen molar-refractivity contribution in [3.8, 4) is 0 Å². The van der Waals surface area contributed by atoms with Gasteiger partial charge in [-0.1, -0.05) is 13.3 Å². The molecule has 2 rings (SSSR count). The molecule has 0 aromatic rings. The number of hydrogen-bond acceptors (Lipinski definition) is 2. The topological polar surface area (TPSA) is 29.3 Å². The summed E-state index contributed by atoms with van der Waals surface area (Å²) in [6.07, 6.45) is 8.46. The van der Waals surface area contributed by atoms with Crippen LogP contribution in [0.5, 0.6) is 0 Å². The third-order valence-corrected chi connectivity index (χ3v) is 4.46. The minimum absolute atomic E-state index is 0.698. The van der Waals surface area contributed by atoms with E-state index in [2.05, 4.69) is 11.8 Å². The fraction of sp³-hybridized carbons (Fsp3) is 1.00. The van der Waals surface area contributed by atoms with E-state index in [4.69, 9.17) is 5.73 Å². The Morgan fingerprint density at radius 2 is 1.93 bits per heavy atom. The molecule has 1 saturated heterocycles. The number of rotatable bonds is 3. The van der Waals surface area contributed by atoms with Crippen LogP contribution in [0.25, 0.3) is 0 Å². The molecule has 1 aliphatic carbocycles. The van der Waals surface area contributed by atoms with Gasteiger partial charge < -0.3 is 5.73 Å². The van der Waals surface area contributed by atoms with Gasteiger partial charge in [-0.15, -0.1) is 0 Å². The molecule has 0 spiro atoms. The maximum atomic E-state index is 5.96. The van der Waals surface area contributed by atoms with Crippen molar-refractivity contribution in [2.24, 2.45) is 17.6 Å². The number of nitrogens with two attached hydrogens (primary N) is 1. The highest BCUT2D eigenvalue weighted by molar-refractivity contribution is 4.86. The lowest BCUT2D eigenvalue weighted by atomic mass is 9.79. The van der Waals surface area contributed by atoms with Crippen LogP contribution >= 0.6 is 0 Å². The third-order valence-electron chi connectivity index (χ3n) is 4.46. The molecule has 1 saturated carbocycles. The summed E-state index contributed by atoms with van der Waals surface area (Å²) in [6, 6.07) is 0.698. The second kappa shape index (κ2) is 5.31. The molecule has 15 heavy (non-hydrogen) atoms. The van der Waals surface area contributed by atoms with Crippen molar-refractivity contribution in [2.45, 2.75) is 51.5 Å². The zero-order valence-corrected chi connectivity index (χ0v) is 10.1. The second-order valence-electron chi connectivity index (χ2n) is 5.57. The molecule has 2 atom stereocenters. The molecule has 0 radical (unpaired) electrons. The average Bonchev–Trinajstić information content (AvgIpc) is 2.36. The van der Waals surface area contributed by atoms with Crippen LogP contribution in [0.2, 0.25) is 0 Å². The fourth-order valence-electron chi connectivity index (χ4n) is 3.08. The number of hydrogen-bond donors (Lipinski definition) is 1. The first-order chi connectivity index (χ1) is 7.31. The van der Waals surface area contributed by atoms with Gasteiger partial charge in [0.2, 0.25) is 0 Å². The quantitative estimate of drug-likeness (QED) is 0.774. The Kier molecular flexibility index (Phi) is 4.04. The van der Waals surface area contributed by atoms with Crippen LogP contribution in [-0.2, 0) is 0 Å². The normalized spacial score (nSPS) is 32.0. The van der Waals surface area contributed by atoms with Gasteiger partial charge in [-0.25, -0.2) is 0 Å². The van der Waals surface area contributed by atoms with Crippen molar-refractivity contribution in [2.75, 3.05) is 19.6 Å². The molecule has 88 valence electrons. The highest BCUT2D eigenvalue weighted by atomic mass is 15.2. The molecule has 2 N–H and O–H groups in total. The molecule has 0 bridgehead atoms. The first-order valence-electron chi connectivity index (χ1n) is 6.75. The van der Waals surface area contributed by atoms with Gasteiger partial charge in [0.15, 0.2) is 0 Å². The molecule has 2 fully saturated rings. The first-order valence-corrected chi connectivity index (χ1v) is 6.75. The minimum atomic E-state index is 0.698. The van der Waals surface area contributed by atoms with E-state index in [9.17, 15) is 0 Å². The Balaban J connectivity index is 1.88. The monoisotopic (exact) mass is 210 g/mol. The predicted molar refractivity (Wildman–Crippen MR) is 64.8 cm³/mol. The van der Waals surface area contributed by atoms with Crippen molar-refractivity contribution in [3.05, 3.63) is 0 Å². The van der Waals surface area contributed by atoms with Crippen LogP contribution < -0.4 is 5.73 Å². The highest BCUT2D eigenvalue weighted by Gasteiger charge is 2.31. The summed E-state index contributed by atoms with van der Waals surface area (Å²) in [4.78, 5) is 2.69. The molecule has 2 unspecified atom stereocenters. The molecule has 0 aromatic heterocycles. The third kappa shape index (κ3) is 2.73. The lowest BCUT2D eigenvalue weighted by Crippen LogP contribution is -2.48. The summed E-state index contributed by atoms with van der Waals surface area (Å²) in [5.74, 6) is 1.85. The highest BCUT2D eigenvalue weighted by Crippen LogP contribution is 2.33. The minimum Gasteiger partial charge on any atom is -0.329 e. The summed E-state index contributed by atoms with van der Waals surface area (Å²) >= 11 is 0. The molecule has 2 heteroatoms. The van der Waals surface area contributed by atoms with Gasteiger partial charge >= 0.3 is 0 Å². The van der Waals surface area contributed by atoms with Gasteiger partial charge in [0.25, 0.3) is 0 Å². The molecule has 1 aliphatic heterocycles. The van der Waals surface area contributed by atoms with Crippen molar-refractivity contribution in [1.29, 1.82) is 0 Å². The second-order valence-corrected chi connectivity index (χ2v) is 5.57. The number of likely N-dealkylation sites (tertiary alicyclic amines) is 1. The Morgan fingerprint density at radius 3 is 2.53 bits per heavy atom. The van der Waals surface area contributed by atoms with Crippen LogP contribution in [0.15, 0.2) is 0 Å². The fourth-order valence-corrected chi connectivity index (χ4v) is 3.08. The van der Waals surface area contributed by atoms with E-state index in [1.807, 2.05) is 0 Å². The van der Waals surface area contributed by atoms with Crippen molar-refractivity contribution < 1.29 is 0 Å². The van der Waals surface area contributed by atoms with Gasteiger partial charge in [-0.05, 0) is 57.0 Å². The molecule has 2 aliphatic rings. The molecular formula is C13H26N2. The molecule has 0 aromatic carbocycles. The lowest BCUT2D eigenvalue weighted by molar-refractivity contribution is 0.103. The van der Waals surface area contributed by atoms with Crippen LogP contribution in [-0.4, -0.2) is 30.6 Å². The van der Waals surface area contributed by atoms with Gasteiger partial charge in [0.1, 0.15) is 0 Å². The zero-order valence-electron chi connectivity index (χ0n) is 10.1. The molecule has 0 amide bonds. The van der Waals surface area contributed by atoms with Gasteiger partial charge in [-0.3, -0.25) is 4.90 Å². The number of nitrogens with zero attached hydrogens (tertiary/aromatic N) is 1. The summed E-state index contributed by atoms with van der Waals surface area (Å²) in [7, 11) is 0. The maximum Gasteiger partial charge on any atom is 0.0246 e. The van der Waals surface area contributed by atoms with Crippen LogP contribution in [0, 0.1) is 11.8 Å². The van der Waals surface area contributed by atoms with Crippen LogP contribution in [0.4, 0.5) is 0 Å². The van der Waals surface area contributed by atoms with E-state index in [-0.39, 0.29) is 0 Å². The van der Waals surface area contributed by atoms with Crippen molar-refractivity contribution in [1.82, 2.24) is 4.90 Å². The summed E-state index contributed by atoms with van der Waals surface area (Å²) in [6.45, 7) is 5.85. The Hall–Kier alpha value is -0.0800. The largest absolute Gasteiger partial charge is 0.329 e. The lowest BCUT2D eigenvalue weighted by Gasteiger charge is -2.40. The average molecular weight is 210 g/mol. The van der Waals surface area contributed by atoms with Crippen LogP contribution in [0.3, 0.4) is 0 Å².